The summed E-state index contributed by atoms with van der Waals surface area (Å²) in [5.41, 5.74) is 1.94. The van der Waals surface area contributed by atoms with Crippen LogP contribution >= 0.6 is 11.3 Å². The summed E-state index contributed by atoms with van der Waals surface area (Å²) in [6.45, 7) is 13.0. The monoisotopic (exact) mass is 490 g/mol. The molecular formula is C27H42N2O4S. The van der Waals surface area contributed by atoms with Gasteiger partial charge in [-0.25, -0.2) is 4.98 Å². The second kappa shape index (κ2) is 12.2. The van der Waals surface area contributed by atoms with Gasteiger partial charge in [0.2, 0.25) is 5.91 Å². The Labute approximate surface area is 208 Å². The standard InChI is InChI=1S/C27H42N2O4S/c1-16-9-8-10-17(2)25(32)19(4)26(33)27(6,7)23(30)14-24(31)29-22(12-11-16)18(3)13-21-15-34-20(5)28-21/h11,13,15,17,19,22-23,25,30,32H,8-10,12,14H2,1-7H3,(H,29,31)/b16-11+,18-13+/t17-,19+,22+,23-,25-/m0/s1. The van der Waals surface area contributed by atoms with Gasteiger partial charge in [0.1, 0.15) is 5.78 Å². The number of Topliss-reactive ketones (excluding diaryl/α,β-unsaturated/α-hetero) is 1. The first-order valence-corrected chi connectivity index (χ1v) is 13.2. The van der Waals surface area contributed by atoms with Gasteiger partial charge in [0.15, 0.2) is 0 Å². The van der Waals surface area contributed by atoms with E-state index in [1.54, 1.807) is 32.1 Å². The lowest BCUT2D eigenvalue weighted by atomic mass is 9.73. The van der Waals surface area contributed by atoms with Crippen molar-refractivity contribution in [3.63, 3.8) is 0 Å². The third-order valence-corrected chi connectivity index (χ3v) is 7.98. The van der Waals surface area contributed by atoms with E-state index in [4.69, 9.17) is 0 Å². The van der Waals surface area contributed by atoms with Crippen LogP contribution in [0.4, 0.5) is 0 Å². The average Bonchev–Trinajstić information content (AvgIpc) is 3.18. The lowest BCUT2D eigenvalue weighted by Gasteiger charge is -2.34. The number of carbonyl (C=O) groups excluding carboxylic acids is 2. The molecule has 0 fully saturated rings. The smallest absolute Gasteiger partial charge is 0.223 e. The van der Waals surface area contributed by atoms with E-state index in [0.717, 1.165) is 35.5 Å². The zero-order valence-electron chi connectivity index (χ0n) is 21.7. The Hall–Kier alpha value is -1.83. The van der Waals surface area contributed by atoms with Gasteiger partial charge in [-0.2, -0.15) is 0 Å². The number of amides is 1. The van der Waals surface area contributed by atoms with E-state index in [-0.39, 0.29) is 30.1 Å². The largest absolute Gasteiger partial charge is 0.392 e. The summed E-state index contributed by atoms with van der Waals surface area (Å²) in [5, 5.41) is 27.7. The number of ketones is 1. The molecule has 0 aliphatic carbocycles. The van der Waals surface area contributed by atoms with Crippen LogP contribution in [0.3, 0.4) is 0 Å². The van der Waals surface area contributed by atoms with Crippen LogP contribution in [-0.4, -0.2) is 45.1 Å². The maximum absolute atomic E-state index is 13.2. The van der Waals surface area contributed by atoms with Crippen molar-refractivity contribution in [2.75, 3.05) is 0 Å². The topological polar surface area (TPSA) is 99.5 Å². The van der Waals surface area contributed by atoms with Crippen LogP contribution in [-0.2, 0) is 9.59 Å². The van der Waals surface area contributed by atoms with Gasteiger partial charge in [-0.1, -0.05) is 39.3 Å². The fraction of sp³-hybridized carbons (Fsp3) is 0.667. The van der Waals surface area contributed by atoms with E-state index in [2.05, 4.69) is 23.3 Å². The minimum absolute atomic E-state index is 0.0320. The zero-order valence-corrected chi connectivity index (χ0v) is 22.5. The third kappa shape index (κ3) is 7.59. The van der Waals surface area contributed by atoms with Gasteiger partial charge in [0.25, 0.3) is 0 Å². The maximum atomic E-state index is 13.2. The van der Waals surface area contributed by atoms with E-state index in [1.807, 2.05) is 32.2 Å². The minimum atomic E-state index is -1.15. The van der Waals surface area contributed by atoms with Crippen molar-refractivity contribution < 1.29 is 19.8 Å². The highest BCUT2D eigenvalue weighted by Gasteiger charge is 2.42. The summed E-state index contributed by atoms with van der Waals surface area (Å²) < 4.78 is 0. The quantitative estimate of drug-likeness (QED) is 0.515. The fourth-order valence-corrected chi connectivity index (χ4v) is 5.09. The van der Waals surface area contributed by atoms with Crippen molar-refractivity contribution in [3.05, 3.63) is 33.3 Å². The molecule has 1 aliphatic heterocycles. The maximum Gasteiger partial charge on any atom is 0.223 e. The SMILES string of the molecule is C/C1=C\C[C@H](/C(C)=C/c2csc(C)n2)NC(=O)C[C@H](O)C(C)(C)C(=O)[C@H](C)[C@@H](O)[C@@H](C)CCC1. The number of aliphatic hydroxyl groups excluding tert-OH is 2. The van der Waals surface area contributed by atoms with Crippen molar-refractivity contribution in [1.82, 2.24) is 10.3 Å². The molecule has 2 rings (SSSR count). The number of rotatable bonds is 2. The Morgan fingerprint density at radius 3 is 2.53 bits per heavy atom. The van der Waals surface area contributed by atoms with Crippen LogP contribution in [0.2, 0.25) is 0 Å². The molecule has 0 saturated heterocycles. The van der Waals surface area contributed by atoms with Gasteiger partial charge in [0.05, 0.1) is 40.8 Å². The predicted octanol–water partition coefficient (Wildman–Crippen LogP) is 4.84. The molecule has 1 aromatic rings. The number of allylic oxidation sites excluding steroid dienone is 1. The Balaban J connectivity index is 2.33. The zero-order chi connectivity index (χ0) is 25.6. The number of nitrogens with one attached hydrogen (secondary N) is 1. The first-order valence-electron chi connectivity index (χ1n) is 12.3. The Kier molecular flexibility index (Phi) is 10.2. The number of nitrogens with zero attached hydrogens (tertiary/aromatic N) is 1. The summed E-state index contributed by atoms with van der Waals surface area (Å²) >= 11 is 1.58. The molecule has 0 aromatic carbocycles. The lowest BCUT2D eigenvalue weighted by Crippen LogP contribution is -2.47. The molecule has 0 radical (unpaired) electrons. The molecule has 2 heterocycles. The molecule has 0 spiro atoms. The lowest BCUT2D eigenvalue weighted by molar-refractivity contribution is -0.143. The predicted molar refractivity (Wildman–Crippen MR) is 138 cm³/mol. The van der Waals surface area contributed by atoms with Crippen LogP contribution in [0, 0.1) is 24.2 Å². The summed E-state index contributed by atoms with van der Waals surface area (Å²) in [5.74, 6) is -1.18. The van der Waals surface area contributed by atoms with E-state index in [9.17, 15) is 19.8 Å². The van der Waals surface area contributed by atoms with Crippen molar-refractivity contribution in [2.45, 2.75) is 98.8 Å². The van der Waals surface area contributed by atoms with Crippen molar-refractivity contribution in [1.29, 1.82) is 0 Å². The van der Waals surface area contributed by atoms with Gasteiger partial charge >= 0.3 is 0 Å². The third-order valence-electron chi connectivity index (χ3n) is 7.19. The Morgan fingerprint density at radius 2 is 1.91 bits per heavy atom. The summed E-state index contributed by atoms with van der Waals surface area (Å²) in [6, 6.07) is -0.233. The van der Waals surface area contributed by atoms with Gasteiger partial charge in [-0.3, -0.25) is 9.59 Å². The first kappa shape index (κ1) is 28.4. The molecule has 0 bridgehead atoms. The van der Waals surface area contributed by atoms with E-state index in [0.29, 0.717) is 6.42 Å². The number of aryl methyl sites for hydroxylation is 1. The molecule has 6 nitrogen and oxygen atoms in total. The van der Waals surface area contributed by atoms with Crippen LogP contribution in [0.5, 0.6) is 0 Å². The Bertz CT molecular complexity index is 917. The van der Waals surface area contributed by atoms with Crippen molar-refractivity contribution in [3.8, 4) is 0 Å². The second-order valence-electron chi connectivity index (χ2n) is 10.5. The molecule has 5 atom stereocenters. The molecule has 0 unspecified atom stereocenters. The molecule has 3 N–H and O–H groups in total. The van der Waals surface area contributed by atoms with Crippen LogP contribution in [0.25, 0.3) is 6.08 Å². The highest BCUT2D eigenvalue weighted by molar-refractivity contribution is 7.09. The minimum Gasteiger partial charge on any atom is -0.392 e. The molecule has 190 valence electrons. The molecule has 34 heavy (non-hydrogen) atoms. The number of aliphatic hydroxyl groups is 2. The number of hydrogen-bond acceptors (Lipinski definition) is 6. The van der Waals surface area contributed by atoms with Gasteiger partial charge < -0.3 is 15.5 Å². The molecule has 1 amide bonds. The van der Waals surface area contributed by atoms with Crippen LogP contribution in [0.15, 0.2) is 22.6 Å². The number of carbonyl (C=O) groups is 2. The first-order chi connectivity index (χ1) is 15.8. The molecular weight excluding hydrogens is 448 g/mol. The number of aromatic nitrogens is 1. The second-order valence-corrected chi connectivity index (χ2v) is 11.6. The number of hydrogen-bond donors (Lipinski definition) is 3. The van der Waals surface area contributed by atoms with Crippen LogP contribution < -0.4 is 5.32 Å². The van der Waals surface area contributed by atoms with E-state index < -0.39 is 23.5 Å². The average molecular weight is 491 g/mol. The molecule has 0 saturated carbocycles. The van der Waals surface area contributed by atoms with Gasteiger partial charge in [-0.05, 0) is 64.0 Å². The van der Waals surface area contributed by atoms with Gasteiger partial charge in [0, 0.05) is 11.3 Å². The van der Waals surface area contributed by atoms with Crippen LogP contribution in [0.1, 0.15) is 84.3 Å². The normalized spacial score (nSPS) is 32.1. The highest BCUT2D eigenvalue weighted by Crippen LogP contribution is 2.32. The van der Waals surface area contributed by atoms with E-state index in [1.165, 1.54) is 5.57 Å². The fourth-order valence-electron chi connectivity index (χ4n) is 4.52. The number of thiazole rings is 1. The van der Waals surface area contributed by atoms with E-state index >= 15 is 0 Å². The highest BCUT2D eigenvalue weighted by atomic mass is 32.1. The summed E-state index contributed by atoms with van der Waals surface area (Å²) in [6.07, 6.45) is 5.30. The van der Waals surface area contributed by atoms with Gasteiger partial charge in [-0.15, -0.1) is 11.3 Å². The molecule has 1 aromatic heterocycles. The molecule has 7 heteroatoms. The van der Waals surface area contributed by atoms with Crippen molar-refractivity contribution in [2.24, 2.45) is 17.3 Å². The Morgan fingerprint density at radius 1 is 1.24 bits per heavy atom. The summed E-state index contributed by atoms with van der Waals surface area (Å²) in [4.78, 5) is 30.6. The van der Waals surface area contributed by atoms with Crippen molar-refractivity contribution >= 4 is 29.1 Å². The molecule has 1 aliphatic rings. The summed E-state index contributed by atoms with van der Waals surface area (Å²) in [7, 11) is 0.